The molecule has 0 aromatic rings. The molecule has 0 aromatic heterocycles. The Hall–Kier alpha value is -3.11. The summed E-state index contributed by atoms with van der Waals surface area (Å²) in [6.07, 6.45) is 55.3. The average molecular weight is 875 g/mol. The Kier molecular flexibility index (Phi) is 42.6. The predicted octanol–water partition coefficient (Wildman–Crippen LogP) is 12.8. The van der Waals surface area contributed by atoms with Gasteiger partial charge >= 0.3 is 19.8 Å². The van der Waals surface area contributed by atoms with Gasteiger partial charge in [0.05, 0.1) is 19.8 Å². The van der Waals surface area contributed by atoms with E-state index in [-0.39, 0.29) is 19.4 Å². The molecule has 61 heavy (non-hydrogen) atoms. The first-order valence-corrected chi connectivity index (χ1v) is 24.7. The molecular formula is C50H83O10P. The SMILES string of the molecule is CC/C=C\C/C=C\C/C=C\C/C=C\C/C=C\C/C=C\CCC(=O)OC(COC(=O)CCCCCCCCCCC/C=C\C/C=C\CCCCC)COP(=O)(O)OCC(O)CO. The van der Waals surface area contributed by atoms with Crippen molar-refractivity contribution < 1.29 is 47.8 Å². The summed E-state index contributed by atoms with van der Waals surface area (Å²) in [5.41, 5.74) is 0. The first kappa shape index (κ1) is 57.9. The molecule has 0 aromatic carbocycles. The van der Waals surface area contributed by atoms with Gasteiger partial charge in [-0.1, -0.05) is 169 Å². The van der Waals surface area contributed by atoms with E-state index in [0.717, 1.165) is 70.6 Å². The molecule has 0 saturated heterocycles. The predicted molar refractivity (Wildman–Crippen MR) is 251 cm³/mol. The van der Waals surface area contributed by atoms with Crippen LogP contribution >= 0.6 is 7.82 Å². The quantitative estimate of drug-likeness (QED) is 0.0234. The van der Waals surface area contributed by atoms with Gasteiger partial charge in [0.2, 0.25) is 0 Å². The van der Waals surface area contributed by atoms with Crippen LogP contribution in [0.4, 0.5) is 0 Å². The van der Waals surface area contributed by atoms with Crippen LogP contribution < -0.4 is 0 Å². The lowest BCUT2D eigenvalue weighted by molar-refractivity contribution is -0.161. The molecule has 0 radical (unpaired) electrons. The van der Waals surface area contributed by atoms with Gasteiger partial charge in [0.25, 0.3) is 0 Å². The minimum Gasteiger partial charge on any atom is -0.462 e. The summed E-state index contributed by atoms with van der Waals surface area (Å²) in [5.74, 6) is -1.03. The van der Waals surface area contributed by atoms with Gasteiger partial charge in [0.15, 0.2) is 6.10 Å². The van der Waals surface area contributed by atoms with Crippen LogP contribution in [0.15, 0.2) is 97.2 Å². The Bertz CT molecular complexity index is 1330. The van der Waals surface area contributed by atoms with Crippen molar-refractivity contribution in [2.75, 3.05) is 26.4 Å². The highest BCUT2D eigenvalue weighted by molar-refractivity contribution is 7.47. The van der Waals surface area contributed by atoms with Gasteiger partial charge in [-0.2, -0.15) is 0 Å². The van der Waals surface area contributed by atoms with Crippen molar-refractivity contribution in [3.8, 4) is 0 Å². The lowest BCUT2D eigenvalue weighted by Gasteiger charge is -2.20. The van der Waals surface area contributed by atoms with Gasteiger partial charge in [-0.15, -0.1) is 0 Å². The maximum absolute atomic E-state index is 12.6. The summed E-state index contributed by atoms with van der Waals surface area (Å²) in [7, 11) is -4.65. The zero-order chi connectivity index (χ0) is 44.8. The summed E-state index contributed by atoms with van der Waals surface area (Å²) in [6, 6.07) is 0. The van der Waals surface area contributed by atoms with Gasteiger partial charge in [-0.25, -0.2) is 4.57 Å². The number of phosphoric ester groups is 1. The fourth-order valence-electron chi connectivity index (χ4n) is 5.70. The van der Waals surface area contributed by atoms with E-state index in [9.17, 15) is 24.2 Å². The number of aliphatic hydroxyl groups is 2. The number of hydrogen-bond acceptors (Lipinski definition) is 9. The first-order chi connectivity index (χ1) is 29.7. The number of phosphoric acid groups is 1. The number of allylic oxidation sites excluding steroid dienone is 16. The second-order valence-corrected chi connectivity index (χ2v) is 16.5. The van der Waals surface area contributed by atoms with Crippen LogP contribution in [-0.2, 0) is 32.7 Å². The average Bonchev–Trinajstić information content (AvgIpc) is 3.25. The normalized spacial score (nSPS) is 14.6. The van der Waals surface area contributed by atoms with E-state index in [1.165, 1.54) is 57.8 Å². The number of unbranched alkanes of at least 4 members (excludes halogenated alkanes) is 12. The van der Waals surface area contributed by atoms with Crippen LogP contribution in [0.25, 0.3) is 0 Å². The molecule has 0 saturated carbocycles. The second kappa shape index (κ2) is 44.9. The first-order valence-electron chi connectivity index (χ1n) is 23.2. The van der Waals surface area contributed by atoms with Crippen molar-refractivity contribution in [3.63, 3.8) is 0 Å². The van der Waals surface area contributed by atoms with Gasteiger partial charge in [0.1, 0.15) is 12.7 Å². The highest BCUT2D eigenvalue weighted by Gasteiger charge is 2.27. The maximum Gasteiger partial charge on any atom is 0.472 e. The number of aliphatic hydroxyl groups excluding tert-OH is 2. The van der Waals surface area contributed by atoms with Crippen LogP contribution in [0.3, 0.4) is 0 Å². The molecular weight excluding hydrogens is 792 g/mol. The second-order valence-electron chi connectivity index (χ2n) is 15.0. The Balaban J connectivity index is 4.39. The standard InChI is InChI=1S/C50H83O10P/c1-3-5-7-9-11-13-15-17-19-21-23-25-27-29-31-33-35-37-39-41-49(53)57-45-48(46-59-61(55,56)58-44-47(52)43-51)60-50(54)42-40-38-36-34-32-30-28-26-24-22-20-18-16-14-12-10-8-6-4-2/h6,8,11-14,17-20,24,26,30,32,36,38,47-48,51-52H,3-5,7,9-10,15-16,21-23,25,27-29,31,33-35,37,39-46H2,1-2H3,(H,55,56)/b8-6-,13-11-,14-12-,19-17-,20-18-,26-24-,32-30-,38-36-. The van der Waals surface area contributed by atoms with Gasteiger partial charge in [-0.3, -0.25) is 18.6 Å². The van der Waals surface area contributed by atoms with E-state index >= 15 is 0 Å². The van der Waals surface area contributed by atoms with E-state index in [1.807, 2.05) is 12.2 Å². The summed E-state index contributed by atoms with van der Waals surface area (Å²) in [6.45, 7) is 2.14. The molecule has 0 bridgehead atoms. The minimum atomic E-state index is -4.65. The van der Waals surface area contributed by atoms with Gasteiger partial charge in [0, 0.05) is 12.8 Å². The number of hydrogen-bond donors (Lipinski definition) is 3. The number of ether oxygens (including phenoxy) is 2. The molecule has 0 aliphatic carbocycles. The van der Waals surface area contributed by atoms with Crippen molar-refractivity contribution in [3.05, 3.63) is 97.2 Å². The molecule has 3 N–H and O–H groups in total. The molecule has 3 atom stereocenters. The van der Waals surface area contributed by atoms with Crippen LogP contribution in [0.5, 0.6) is 0 Å². The zero-order valence-corrected chi connectivity index (χ0v) is 38.7. The lowest BCUT2D eigenvalue weighted by atomic mass is 10.1. The Morgan fingerprint density at radius 2 is 0.934 bits per heavy atom. The summed E-state index contributed by atoms with van der Waals surface area (Å²) >= 11 is 0. The highest BCUT2D eigenvalue weighted by Crippen LogP contribution is 2.43. The van der Waals surface area contributed by atoms with Crippen molar-refractivity contribution in [1.82, 2.24) is 0 Å². The minimum absolute atomic E-state index is 0.0529. The third kappa shape index (κ3) is 44.7. The van der Waals surface area contributed by atoms with Crippen LogP contribution in [0, 0.1) is 0 Å². The Labute approximate surface area is 370 Å². The summed E-state index contributed by atoms with van der Waals surface area (Å²) in [4.78, 5) is 35.0. The number of carbonyl (C=O) groups excluding carboxylic acids is 2. The van der Waals surface area contributed by atoms with Crippen LogP contribution in [-0.4, -0.2) is 65.7 Å². The topological polar surface area (TPSA) is 149 Å². The summed E-state index contributed by atoms with van der Waals surface area (Å²) < 4.78 is 32.7. The number of esters is 2. The zero-order valence-electron chi connectivity index (χ0n) is 37.8. The molecule has 0 heterocycles. The van der Waals surface area contributed by atoms with E-state index < -0.39 is 51.8 Å². The third-order valence-corrected chi connectivity index (χ3v) is 10.2. The third-order valence-electron chi connectivity index (χ3n) is 9.24. The fourth-order valence-corrected chi connectivity index (χ4v) is 6.48. The number of carbonyl (C=O) groups is 2. The Morgan fingerprint density at radius 1 is 0.508 bits per heavy atom. The van der Waals surface area contributed by atoms with E-state index in [2.05, 4.69) is 103 Å². The van der Waals surface area contributed by atoms with Crippen molar-refractivity contribution in [1.29, 1.82) is 0 Å². The molecule has 3 unspecified atom stereocenters. The molecule has 0 rings (SSSR count). The van der Waals surface area contributed by atoms with E-state index in [4.69, 9.17) is 19.1 Å². The van der Waals surface area contributed by atoms with E-state index in [0.29, 0.717) is 12.8 Å². The largest absolute Gasteiger partial charge is 0.472 e. The van der Waals surface area contributed by atoms with Crippen molar-refractivity contribution >= 4 is 19.8 Å². The van der Waals surface area contributed by atoms with Crippen molar-refractivity contribution in [2.45, 2.75) is 180 Å². The smallest absolute Gasteiger partial charge is 0.462 e. The molecule has 0 spiro atoms. The highest BCUT2D eigenvalue weighted by atomic mass is 31.2. The van der Waals surface area contributed by atoms with Crippen LogP contribution in [0.2, 0.25) is 0 Å². The molecule has 10 nitrogen and oxygen atoms in total. The molecule has 0 fully saturated rings. The summed E-state index contributed by atoms with van der Waals surface area (Å²) in [5, 5.41) is 18.4. The molecule has 11 heteroatoms. The lowest BCUT2D eigenvalue weighted by Crippen LogP contribution is -2.29. The molecule has 0 aliphatic heterocycles. The monoisotopic (exact) mass is 875 g/mol. The van der Waals surface area contributed by atoms with E-state index in [1.54, 1.807) is 0 Å². The van der Waals surface area contributed by atoms with Crippen molar-refractivity contribution in [2.24, 2.45) is 0 Å². The molecule has 348 valence electrons. The number of rotatable bonds is 42. The fraction of sp³-hybridized carbons (Fsp3) is 0.640. The Morgan fingerprint density at radius 3 is 1.43 bits per heavy atom. The molecule has 0 aliphatic rings. The van der Waals surface area contributed by atoms with Crippen LogP contribution in [0.1, 0.15) is 168 Å². The maximum atomic E-state index is 12.6. The van der Waals surface area contributed by atoms with Gasteiger partial charge < -0.3 is 24.6 Å². The molecule has 0 amide bonds. The van der Waals surface area contributed by atoms with Gasteiger partial charge in [-0.05, 0) is 83.5 Å².